The lowest BCUT2D eigenvalue weighted by Gasteiger charge is -2.16. The molecular formula is C12H15N3O3. The normalized spacial score (nSPS) is 14.1. The highest BCUT2D eigenvalue weighted by Crippen LogP contribution is 2.26. The molecule has 0 unspecified atom stereocenters. The number of nitrogens with zero attached hydrogens (tertiary/aromatic N) is 2. The van der Waals surface area contributed by atoms with E-state index >= 15 is 0 Å². The Labute approximate surface area is 105 Å². The van der Waals surface area contributed by atoms with E-state index in [4.69, 9.17) is 0 Å². The fourth-order valence-corrected chi connectivity index (χ4v) is 1.70. The average molecular weight is 249 g/mol. The van der Waals surface area contributed by atoms with Gasteiger partial charge in [-0.3, -0.25) is 14.9 Å². The number of nitro groups is 1. The van der Waals surface area contributed by atoms with Crippen LogP contribution >= 0.6 is 0 Å². The van der Waals surface area contributed by atoms with Crippen LogP contribution in [0.1, 0.15) is 23.2 Å². The Morgan fingerprint density at radius 3 is 2.61 bits per heavy atom. The average Bonchev–Trinajstić information content (AvgIpc) is 3.11. The maximum atomic E-state index is 12.0. The number of carbonyl (C=O) groups excluding carboxylic acids is 1. The summed E-state index contributed by atoms with van der Waals surface area (Å²) in [5, 5.41) is 13.6. The number of rotatable bonds is 4. The van der Waals surface area contributed by atoms with Crippen LogP contribution in [0.25, 0.3) is 0 Å². The van der Waals surface area contributed by atoms with Crippen LogP contribution in [0, 0.1) is 10.1 Å². The summed E-state index contributed by atoms with van der Waals surface area (Å²) in [4.78, 5) is 24.1. The third kappa shape index (κ3) is 2.58. The predicted molar refractivity (Wildman–Crippen MR) is 67.9 cm³/mol. The molecule has 18 heavy (non-hydrogen) atoms. The van der Waals surface area contributed by atoms with Gasteiger partial charge in [0.2, 0.25) is 0 Å². The summed E-state index contributed by atoms with van der Waals surface area (Å²) in [6, 6.07) is 4.56. The summed E-state index contributed by atoms with van der Waals surface area (Å²) in [5.74, 6) is -0.245. The molecule has 1 aromatic carbocycles. The lowest BCUT2D eigenvalue weighted by Crippen LogP contribution is -2.27. The van der Waals surface area contributed by atoms with Crippen LogP contribution in [-0.2, 0) is 0 Å². The van der Waals surface area contributed by atoms with Gasteiger partial charge in [0, 0.05) is 38.0 Å². The first-order valence-electron chi connectivity index (χ1n) is 5.75. The largest absolute Gasteiger partial charge is 0.377 e. The highest BCUT2D eigenvalue weighted by atomic mass is 16.6. The van der Waals surface area contributed by atoms with E-state index in [-0.39, 0.29) is 17.6 Å². The number of benzene rings is 1. The Hall–Kier alpha value is -2.11. The maximum absolute atomic E-state index is 12.0. The highest BCUT2D eigenvalue weighted by Gasteiger charge is 2.26. The minimum absolute atomic E-state index is 0.0680. The van der Waals surface area contributed by atoms with E-state index in [2.05, 4.69) is 5.32 Å². The number of hydrogen-bond acceptors (Lipinski definition) is 4. The fourth-order valence-electron chi connectivity index (χ4n) is 1.70. The Kier molecular flexibility index (Phi) is 3.18. The van der Waals surface area contributed by atoms with Crippen molar-refractivity contribution >= 4 is 17.3 Å². The monoisotopic (exact) mass is 249 g/mol. The van der Waals surface area contributed by atoms with Gasteiger partial charge in [0.1, 0.15) is 0 Å². The summed E-state index contributed by atoms with van der Waals surface area (Å²) in [6.45, 7) is 0. The SMILES string of the molecule is CN(C)c1ccc([N+](=O)[O-])cc1C(=O)NC1CC1. The Bertz CT molecular complexity index is 495. The molecule has 1 aromatic rings. The van der Waals surface area contributed by atoms with Crippen LogP contribution in [0.2, 0.25) is 0 Å². The summed E-state index contributed by atoms with van der Waals surface area (Å²) in [7, 11) is 3.60. The molecule has 0 heterocycles. The molecule has 1 aliphatic carbocycles. The van der Waals surface area contributed by atoms with Gasteiger partial charge < -0.3 is 10.2 Å². The third-order valence-corrected chi connectivity index (χ3v) is 2.83. The molecule has 0 bridgehead atoms. The van der Waals surface area contributed by atoms with E-state index in [1.165, 1.54) is 12.1 Å². The van der Waals surface area contributed by atoms with Crippen molar-refractivity contribution in [1.29, 1.82) is 0 Å². The Morgan fingerprint density at radius 2 is 2.11 bits per heavy atom. The number of hydrogen-bond donors (Lipinski definition) is 1. The molecule has 96 valence electrons. The van der Waals surface area contributed by atoms with Crippen molar-refractivity contribution in [2.24, 2.45) is 0 Å². The molecule has 1 amide bonds. The standard InChI is InChI=1S/C12H15N3O3/c1-14(2)11-6-5-9(15(17)18)7-10(11)12(16)13-8-3-4-8/h5-8H,3-4H2,1-2H3,(H,13,16). The molecular weight excluding hydrogens is 234 g/mol. The molecule has 0 saturated heterocycles. The number of nitro benzene ring substituents is 1. The molecule has 2 rings (SSSR count). The van der Waals surface area contributed by atoms with Gasteiger partial charge in [-0.1, -0.05) is 0 Å². The van der Waals surface area contributed by atoms with Crippen LogP contribution in [0.15, 0.2) is 18.2 Å². The van der Waals surface area contributed by atoms with Crippen LogP contribution in [0.4, 0.5) is 11.4 Å². The minimum Gasteiger partial charge on any atom is -0.377 e. The van der Waals surface area contributed by atoms with Gasteiger partial charge in [-0.15, -0.1) is 0 Å². The van der Waals surface area contributed by atoms with E-state index in [1.807, 2.05) is 0 Å². The van der Waals surface area contributed by atoms with Gasteiger partial charge in [0.25, 0.3) is 11.6 Å². The lowest BCUT2D eigenvalue weighted by atomic mass is 10.1. The lowest BCUT2D eigenvalue weighted by molar-refractivity contribution is -0.384. The van der Waals surface area contributed by atoms with Crippen molar-refractivity contribution < 1.29 is 9.72 Å². The molecule has 1 aliphatic rings. The predicted octanol–water partition coefficient (Wildman–Crippen LogP) is 1.55. The molecule has 0 radical (unpaired) electrons. The van der Waals surface area contributed by atoms with Crippen LogP contribution < -0.4 is 10.2 Å². The van der Waals surface area contributed by atoms with Crippen LogP contribution in [-0.4, -0.2) is 31.0 Å². The number of nitrogens with one attached hydrogen (secondary N) is 1. The van der Waals surface area contributed by atoms with Gasteiger partial charge >= 0.3 is 0 Å². The molecule has 1 fully saturated rings. The number of carbonyl (C=O) groups is 1. The smallest absolute Gasteiger partial charge is 0.270 e. The molecule has 0 aromatic heterocycles. The van der Waals surface area contributed by atoms with E-state index in [1.54, 1.807) is 25.1 Å². The number of anilines is 1. The van der Waals surface area contributed by atoms with Crippen molar-refractivity contribution in [3.63, 3.8) is 0 Å². The van der Waals surface area contributed by atoms with Crippen molar-refractivity contribution in [1.82, 2.24) is 5.32 Å². The second kappa shape index (κ2) is 4.64. The van der Waals surface area contributed by atoms with Gasteiger partial charge in [-0.25, -0.2) is 0 Å². The second-order valence-electron chi connectivity index (χ2n) is 4.60. The van der Waals surface area contributed by atoms with Gasteiger partial charge in [-0.05, 0) is 18.9 Å². The molecule has 6 nitrogen and oxygen atoms in total. The van der Waals surface area contributed by atoms with E-state index < -0.39 is 4.92 Å². The van der Waals surface area contributed by atoms with Gasteiger partial charge in [-0.2, -0.15) is 0 Å². The molecule has 1 N–H and O–H groups in total. The zero-order chi connectivity index (χ0) is 13.3. The van der Waals surface area contributed by atoms with Gasteiger partial charge in [0.15, 0.2) is 0 Å². The first kappa shape index (κ1) is 12.3. The maximum Gasteiger partial charge on any atom is 0.270 e. The molecule has 1 saturated carbocycles. The van der Waals surface area contributed by atoms with Crippen molar-refractivity contribution in [2.45, 2.75) is 18.9 Å². The molecule has 0 atom stereocenters. The summed E-state index contributed by atoms with van der Waals surface area (Å²) in [5.41, 5.74) is 0.960. The number of non-ortho nitro benzene ring substituents is 1. The zero-order valence-electron chi connectivity index (χ0n) is 10.3. The number of amides is 1. The first-order valence-corrected chi connectivity index (χ1v) is 5.75. The van der Waals surface area contributed by atoms with Crippen molar-refractivity contribution in [3.05, 3.63) is 33.9 Å². The molecule has 0 aliphatic heterocycles. The zero-order valence-corrected chi connectivity index (χ0v) is 10.3. The summed E-state index contributed by atoms with van der Waals surface area (Å²) < 4.78 is 0. The third-order valence-electron chi connectivity index (χ3n) is 2.83. The summed E-state index contributed by atoms with van der Waals surface area (Å²) in [6.07, 6.45) is 1.97. The minimum atomic E-state index is -0.493. The van der Waals surface area contributed by atoms with Crippen LogP contribution in [0.5, 0.6) is 0 Å². The second-order valence-corrected chi connectivity index (χ2v) is 4.60. The highest BCUT2D eigenvalue weighted by molar-refractivity contribution is 6.00. The van der Waals surface area contributed by atoms with E-state index in [0.29, 0.717) is 11.3 Å². The molecule has 0 spiro atoms. The Balaban J connectivity index is 2.35. The summed E-state index contributed by atoms with van der Waals surface area (Å²) >= 11 is 0. The molecule has 6 heteroatoms. The van der Waals surface area contributed by atoms with Crippen LogP contribution in [0.3, 0.4) is 0 Å². The fraction of sp³-hybridized carbons (Fsp3) is 0.417. The van der Waals surface area contributed by atoms with Crippen molar-refractivity contribution in [3.8, 4) is 0 Å². The quantitative estimate of drug-likeness (QED) is 0.649. The Morgan fingerprint density at radius 1 is 1.44 bits per heavy atom. The van der Waals surface area contributed by atoms with Gasteiger partial charge in [0.05, 0.1) is 10.5 Å². The first-order chi connectivity index (χ1) is 8.49. The topological polar surface area (TPSA) is 75.5 Å². The van der Waals surface area contributed by atoms with E-state index in [0.717, 1.165) is 12.8 Å². The van der Waals surface area contributed by atoms with E-state index in [9.17, 15) is 14.9 Å². The van der Waals surface area contributed by atoms with Crippen molar-refractivity contribution in [2.75, 3.05) is 19.0 Å².